The zero-order valence-corrected chi connectivity index (χ0v) is 11.6. The number of non-ortho nitro benzene ring substituents is 1. The summed E-state index contributed by atoms with van der Waals surface area (Å²) in [6.07, 6.45) is 2.09. The van der Waals surface area contributed by atoms with Crippen molar-refractivity contribution in [2.24, 2.45) is 0 Å². The summed E-state index contributed by atoms with van der Waals surface area (Å²) in [4.78, 5) is 15.1. The zero-order valence-electron chi connectivity index (χ0n) is 11.6. The third-order valence-corrected chi connectivity index (χ3v) is 3.82. The van der Waals surface area contributed by atoms with Gasteiger partial charge in [-0.25, -0.2) is 0 Å². The van der Waals surface area contributed by atoms with Crippen LogP contribution in [0.25, 0.3) is 0 Å². The van der Waals surface area contributed by atoms with Gasteiger partial charge in [-0.15, -0.1) is 0 Å². The number of hydrogen-bond acceptors (Lipinski definition) is 4. The summed E-state index contributed by atoms with van der Waals surface area (Å²) < 4.78 is 0. The predicted octanol–water partition coefficient (Wildman–Crippen LogP) is 1.77. The highest BCUT2D eigenvalue weighted by atomic mass is 16.6. The summed E-state index contributed by atoms with van der Waals surface area (Å²) in [5.74, 6) is 0. The molecule has 0 amide bonds. The van der Waals surface area contributed by atoms with E-state index >= 15 is 0 Å². The van der Waals surface area contributed by atoms with Crippen molar-refractivity contribution in [2.75, 3.05) is 33.7 Å². The molecule has 0 saturated carbocycles. The molecule has 0 aliphatic carbocycles. The fraction of sp³-hybridized carbons (Fsp3) is 0.571. The van der Waals surface area contributed by atoms with Crippen LogP contribution in [0.1, 0.15) is 12.0 Å². The van der Waals surface area contributed by atoms with Crippen molar-refractivity contribution in [2.45, 2.75) is 18.9 Å². The van der Waals surface area contributed by atoms with Gasteiger partial charge in [-0.1, -0.05) is 12.1 Å². The van der Waals surface area contributed by atoms with Gasteiger partial charge in [-0.3, -0.25) is 10.1 Å². The number of likely N-dealkylation sites (N-methyl/N-ethyl adjacent to an activating group) is 1. The topological polar surface area (TPSA) is 49.6 Å². The molecule has 0 radical (unpaired) electrons. The second-order valence-electron chi connectivity index (χ2n) is 5.38. The fourth-order valence-corrected chi connectivity index (χ4v) is 2.55. The van der Waals surface area contributed by atoms with E-state index in [0.717, 1.165) is 31.6 Å². The maximum atomic E-state index is 10.7. The van der Waals surface area contributed by atoms with Crippen LogP contribution in [-0.4, -0.2) is 54.5 Å². The minimum Gasteiger partial charge on any atom is -0.305 e. The van der Waals surface area contributed by atoms with Gasteiger partial charge in [0.05, 0.1) is 4.92 Å². The molecule has 19 heavy (non-hydrogen) atoms. The van der Waals surface area contributed by atoms with Crippen molar-refractivity contribution in [1.29, 1.82) is 0 Å². The number of benzene rings is 1. The van der Waals surface area contributed by atoms with Crippen molar-refractivity contribution in [3.8, 4) is 0 Å². The molecule has 0 spiro atoms. The lowest BCUT2D eigenvalue weighted by molar-refractivity contribution is -0.384. The maximum Gasteiger partial charge on any atom is 0.269 e. The maximum absolute atomic E-state index is 10.7. The van der Waals surface area contributed by atoms with E-state index in [1.54, 1.807) is 18.2 Å². The summed E-state index contributed by atoms with van der Waals surface area (Å²) in [5, 5.41) is 10.7. The number of nitrogens with zero attached hydrogens (tertiary/aromatic N) is 3. The molecule has 2 rings (SSSR count). The SMILES string of the molecule is CN(C)C1CCN(CCc2cccc([N+](=O)[O-])c2)C1. The van der Waals surface area contributed by atoms with E-state index in [-0.39, 0.29) is 10.6 Å². The van der Waals surface area contributed by atoms with Gasteiger partial charge in [0.25, 0.3) is 5.69 Å². The Morgan fingerprint density at radius 2 is 2.26 bits per heavy atom. The Morgan fingerprint density at radius 1 is 1.47 bits per heavy atom. The lowest BCUT2D eigenvalue weighted by Gasteiger charge is -2.20. The molecule has 1 aromatic rings. The van der Waals surface area contributed by atoms with Crippen molar-refractivity contribution in [1.82, 2.24) is 9.80 Å². The molecular weight excluding hydrogens is 242 g/mol. The van der Waals surface area contributed by atoms with Gasteiger partial charge >= 0.3 is 0 Å². The van der Waals surface area contributed by atoms with Crippen LogP contribution < -0.4 is 0 Å². The Kier molecular flexibility index (Phi) is 4.50. The van der Waals surface area contributed by atoms with Crippen LogP contribution >= 0.6 is 0 Å². The molecule has 0 N–H and O–H groups in total. The van der Waals surface area contributed by atoms with Gasteiger partial charge in [-0.2, -0.15) is 0 Å². The van der Waals surface area contributed by atoms with E-state index in [0.29, 0.717) is 6.04 Å². The average molecular weight is 263 g/mol. The Morgan fingerprint density at radius 3 is 2.89 bits per heavy atom. The van der Waals surface area contributed by atoms with Crippen LogP contribution in [-0.2, 0) is 6.42 Å². The lowest BCUT2D eigenvalue weighted by Crippen LogP contribution is -2.32. The summed E-state index contributed by atoms with van der Waals surface area (Å²) in [6, 6.07) is 7.60. The van der Waals surface area contributed by atoms with E-state index < -0.39 is 0 Å². The van der Waals surface area contributed by atoms with Crippen molar-refractivity contribution in [3.63, 3.8) is 0 Å². The Hall–Kier alpha value is -1.46. The van der Waals surface area contributed by atoms with Crippen LogP contribution in [0.15, 0.2) is 24.3 Å². The van der Waals surface area contributed by atoms with Gasteiger partial charge in [0, 0.05) is 31.3 Å². The summed E-state index contributed by atoms with van der Waals surface area (Å²) >= 11 is 0. The van der Waals surface area contributed by atoms with Gasteiger partial charge in [0.15, 0.2) is 0 Å². The minimum absolute atomic E-state index is 0.185. The Labute approximate surface area is 114 Å². The summed E-state index contributed by atoms with van der Waals surface area (Å²) in [5.41, 5.74) is 1.23. The smallest absolute Gasteiger partial charge is 0.269 e. The lowest BCUT2D eigenvalue weighted by atomic mass is 10.1. The van der Waals surface area contributed by atoms with Gasteiger partial charge < -0.3 is 9.80 Å². The van der Waals surface area contributed by atoms with Crippen molar-refractivity contribution in [3.05, 3.63) is 39.9 Å². The minimum atomic E-state index is -0.332. The average Bonchev–Trinajstić information content (AvgIpc) is 2.85. The molecule has 1 heterocycles. The van der Waals surface area contributed by atoms with E-state index in [9.17, 15) is 10.1 Å². The summed E-state index contributed by atoms with van der Waals surface area (Å²) in [6.45, 7) is 3.20. The van der Waals surface area contributed by atoms with Crippen molar-refractivity contribution < 1.29 is 4.92 Å². The third-order valence-electron chi connectivity index (χ3n) is 3.82. The van der Waals surface area contributed by atoms with Crippen molar-refractivity contribution >= 4 is 5.69 Å². The molecule has 1 aromatic carbocycles. The first-order valence-electron chi connectivity index (χ1n) is 6.68. The highest BCUT2D eigenvalue weighted by Crippen LogP contribution is 2.16. The van der Waals surface area contributed by atoms with E-state index in [1.165, 1.54) is 6.42 Å². The first-order valence-corrected chi connectivity index (χ1v) is 6.68. The van der Waals surface area contributed by atoms with E-state index in [4.69, 9.17) is 0 Å². The molecule has 5 nitrogen and oxygen atoms in total. The number of hydrogen-bond donors (Lipinski definition) is 0. The van der Waals surface area contributed by atoms with Gasteiger partial charge in [0.2, 0.25) is 0 Å². The molecule has 1 aliphatic heterocycles. The quantitative estimate of drug-likeness (QED) is 0.600. The molecule has 1 fully saturated rings. The molecule has 5 heteroatoms. The molecule has 104 valence electrons. The van der Waals surface area contributed by atoms with E-state index in [2.05, 4.69) is 23.9 Å². The number of likely N-dealkylation sites (tertiary alicyclic amines) is 1. The Bertz CT molecular complexity index is 448. The number of nitro groups is 1. The number of rotatable bonds is 5. The molecule has 1 saturated heterocycles. The first-order chi connectivity index (χ1) is 9.06. The molecule has 0 bridgehead atoms. The van der Waals surface area contributed by atoms with E-state index in [1.807, 2.05) is 6.07 Å². The van der Waals surface area contributed by atoms with Crippen LogP contribution in [0.5, 0.6) is 0 Å². The highest BCUT2D eigenvalue weighted by Gasteiger charge is 2.23. The monoisotopic (exact) mass is 263 g/mol. The largest absolute Gasteiger partial charge is 0.305 e. The Balaban J connectivity index is 1.86. The second-order valence-corrected chi connectivity index (χ2v) is 5.38. The number of nitro benzene ring substituents is 1. The first kappa shape index (κ1) is 14.0. The highest BCUT2D eigenvalue weighted by molar-refractivity contribution is 5.34. The predicted molar refractivity (Wildman–Crippen MR) is 75.3 cm³/mol. The molecule has 1 aliphatic rings. The zero-order chi connectivity index (χ0) is 13.8. The fourth-order valence-electron chi connectivity index (χ4n) is 2.55. The van der Waals surface area contributed by atoms with Gasteiger partial charge in [0.1, 0.15) is 0 Å². The molecular formula is C14H21N3O2. The molecule has 1 atom stereocenters. The third kappa shape index (κ3) is 3.75. The standard InChI is InChI=1S/C14H21N3O2/c1-15(2)14-7-9-16(11-14)8-6-12-4-3-5-13(10-12)17(18)19/h3-5,10,14H,6-9,11H2,1-2H3. The van der Waals surface area contributed by atoms with Crippen LogP contribution in [0.4, 0.5) is 5.69 Å². The van der Waals surface area contributed by atoms with Crippen LogP contribution in [0.2, 0.25) is 0 Å². The second kappa shape index (κ2) is 6.12. The van der Waals surface area contributed by atoms with Crippen LogP contribution in [0, 0.1) is 10.1 Å². The van der Waals surface area contributed by atoms with Gasteiger partial charge in [-0.05, 0) is 39.0 Å². The molecule has 1 unspecified atom stereocenters. The molecule has 0 aromatic heterocycles. The summed E-state index contributed by atoms with van der Waals surface area (Å²) in [7, 11) is 4.24. The van der Waals surface area contributed by atoms with Crippen LogP contribution in [0.3, 0.4) is 0 Å². The normalized spacial score (nSPS) is 20.1.